The first-order valence-electron chi connectivity index (χ1n) is 4.81. The highest BCUT2D eigenvalue weighted by atomic mass is 79.9. The minimum Gasteiger partial charge on any atom is -0.493 e. The lowest BCUT2D eigenvalue weighted by Gasteiger charge is -2.16. The number of carbonyl (C=O) groups is 1. The highest BCUT2D eigenvalue weighted by Gasteiger charge is 2.38. The van der Waals surface area contributed by atoms with Crippen LogP contribution in [0.15, 0.2) is 16.6 Å². The smallest absolute Gasteiger partial charge is 0.420 e. The minimum atomic E-state index is -4.62. The van der Waals surface area contributed by atoms with Gasteiger partial charge in [-0.2, -0.15) is 13.2 Å². The van der Waals surface area contributed by atoms with Crippen LogP contribution in [-0.4, -0.2) is 12.4 Å². The fraction of sp³-hybridized carbons (Fsp3) is 0.364. The number of Topliss-reactive ketones (excluding diaryl/α,β-unsaturated/α-hetero) is 1. The third-order valence-electron chi connectivity index (χ3n) is 2.03. The molecule has 0 N–H and O–H groups in total. The summed E-state index contributed by atoms with van der Waals surface area (Å²) in [6, 6.07) is 2.35. The summed E-state index contributed by atoms with van der Waals surface area (Å²) in [4.78, 5) is 11.2. The zero-order chi connectivity index (χ0) is 13.2. The van der Waals surface area contributed by atoms with E-state index in [0.717, 1.165) is 13.0 Å². The van der Waals surface area contributed by atoms with Crippen LogP contribution < -0.4 is 4.74 Å². The lowest BCUT2D eigenvalue weighted by Crippen LogP contribution is -2.14. The van der Waals surface area contributed by atoms with Gasteiger partial charge in [0.2, 0.25) is 0 Å². The van der Waals surface area contributed by atoms with Crippen LogP contribution in [0, 0.1) is 0 Å². The van der Waals surface area contributed by atoms with Crippen LogP contribution in [0.5, 0.6) is 5.75 Å². The van der Waals surface area contributed by atoms with E-state index in [4.69, 9.17) is 4.74 Å². The number of ether oxygens (including phenoxy) is 1. The molecule has 0 radical (unpaired) electrons. The molecule has 0 aliphatic rings. The van der Waals surface area contributed by atoms with Gasteiger partial charge in [-0.3, -0.25) is 4.79 Å². The molecular formula is C11H10BrF3O2. The van der Waals surface area contributed by atoms with Gasteiger partial charge in [0.1, 0.15) is 11.3 Å². The number of halogens is 4. The Labute approximate surface area is 105 Å². The van der Waals surface area contributed by atoms with Crippen LogP contribution in [0.3, 0.4) is 0 Å². The van der Waals surface area contributed by atoms with E-state index in [1.165, 1.54) is 6.07 Å². The van der Waals surface area contributed by atoms with Crippen LogP contribution in [-0.2, 0) is 6.18 Å². The van der Waals surface area contributed by atoms with Gasteiger partial charge in [0.05, 0.1) is 6.61 Å². The molecule has 0 heterocycles. The third kappa shape index (κ3) is 3.21. The largest absolute Gasteiger partial charge is 0.493 e. The van der Waals surface area contributed by atoms with Crippen molar-refractivity contribution in [2.24, 2.45) is 0 Å². The lowest BCUT2D eigenvalue weighted by atomic mass is 10.0. The molecule has 17 heavy (non-hydrogen) atoms. The monoisotopic (exact) mass is 310 g/mol. The fourth-order valence-electron chi connectivity index (χ4n) is 1.42. The Morgan fingerprint density at radius 1 is 1.41 bits per heavy atom. The van der Waals surface area contributed by atoms with Crippen molar-refractivity contribution in [3.8, 4) is 5.75 Å². The highest BCUT2D eigenvalue weighted by molar-refractivity contribution is 9.10. The van der Waals surface area contributed by atoms with Crippen molar-refractivity contribution in [1.82, 2.24) is 0 Å². The number of benzene rings is 1. The number of rotatable bonds is 3. The van der Waals surface area contributed by atoms with Gasteiger partial charge in [0.15, 0.2) is 5.78 Å². The highest BCUT2D eigenvalue weighted by Crippen LogP contribution is 2.40. The Kier molecular flexibility index (Phi) is 4.19. The Bertz CT molecular complexity index is 441. The van der Waals surface area contributed by atoms with Crippen molar-refractivity contribution >= 4 is 21.7 Å². The first-order valence-corrected chi connectivity index (χ1v) is 5.61. The maximum Gasteiger partial charge on any atom is 0.420 e. The number of hydrogen-bond acceptors (Lipinski definition) is 2. The van der Waals surface area contributed by atoms with Crippen LogP contribution >= 0.6 is 15.9 Å². The van der Waals surface area contributed by atoms with Gasteiger partial charge in [0.25, 0.3) is 0 Å². The van der Waals surface area contributed by atoms with Gasteiger partial charge in [0, 0.05) is 10.0 Å². The SMILES string of the molecule is CCOc1cc(Br)cc(C(C)=O)c1C(F)(F)F. The molecule has 1 rings (SSSR count). The number of ketones is 1. The molecule has 0 aromatic heterocycles. The molecule has 1 aromatic rings. The fourth-order valence-corrected chi connectivity index (χ4v) is 1.86. The van der Waals surface area contributed by atoms with Crippen molar-refractivity contribution in [1.29, 1.82) is 0 Å². The number of hydrogen-bond donors (Lipinski definition) is 0. The Morgan fingerprint density at radius 2 is 2.00 bits per heavy atom. The molecule has 0 bridgehead atoms. The third-order valence-corrected chi connectivity index (χ3v) is 2.49. The molecule has 2 nitrogen and oxygen atoms in total. The zero-order valence-corrected chi connectivity index (χ0v) is 10.8. The first-order chi connectivity index (χ1) is 7.77. The van der Waals surface area contributed by atoms with Gasteiger partial charge in [-0.15, -0.1) is 0 Å². The molecule has 94 valence electrons. The van der Waals surface area contributed by atoms with E-state index in [-0.39, 0.29) is 12.4 Å². The van der Waals surface area contributed by atoms with E-state index in [2.05, 4.69) is 15.9 Å². The molecular weight excluding hydrogens is 301 g/mol. The summed E-state index contributed by atoms with van der Waals surface area (Å²) in [5.74, 6) is -0.987. The summed E-state index contributed by atoms with van der Waals surface area (Å²) < 4.78 is 43.9. The van der Waals surface area contributed by atoms with Gasteiger partial charge in [-0.25, -0.2) is 0 Å². The van der Waals surface area contributed by atoms with Gasteiger partial charge >= 0.3 is 6.18 Å². The summed E-state index contributed by atoms with van der Waals surface area (Å²) in [6.45, 7) is 2.76. The molecule has 0 unspecified atom stereocenters. The number of carbonyl (C=O) groups excluding carboxylic acids is 1. The van der Waals surface area contributed by atoms with Crippen LogP contribution in [0.1, 0.15) is 29.8 Å². The second-order valence-electron chi connectivity index (χ2n) is 3.31. The summed E-state index contributed by atoms with van der Waals surface area (Å²) >= 11 is 3.05. The predicted molar refractivity (Wildman–Crippen MR) is 60.3 cm³/mol. The maximum atomic E-state index is 12.9. The van der Waals surface area contributed by atoms with Crippen molar-refractivity contribution in [3.63, 3.8) is 0 Å². The van der Waals surface area contributed by atoms with Crippen molar-refractivity contribution < 1.29 is 22.7 Å². The predicted octanol–water partition coefficient (Wildman–Crippen LogP) is 4.07. The van der Waals surface area contributed by atoms with E-state index < -0.39 is 23.1 Å². The second kappa shape index (κ2) is 5.08. The van der Waals surface area contributed by atoms with Gasteiger partial charge in [-0.1, -0.05) is 15.9 Å². The van der Waals surface area contributed by atoms with E-state index in [9.17, 15) is 18.0 Å². The Morgan fingerprint density at radius 3 is 2.41 bits per heavy atom. The molecule has 6 heteroatoms. The quantitative estimate of drug-likeness (QED) is 0.787. The standard InChI is InChI=1S/C11H10BrF3O2/c1-3-17-9-5-7(12)4-8(6(2)16)10(9)11(13,14)15/h4-5H,3H2,1-2H3. The lowest BCUT2D eigenvalue weighted by molar-refractivity contribution is -0.139. The van der Waals surface area contributed by atoms with E-state index in [0.29, 0.717) is 4.47 Å². The van der Waals surface area contributed by atoms with Gasteiger partial charge < -0.3 is 4.74 Å². The van der Waals surface area contributed by atoms with Crippen LogP contribution in [0.4, 0.5) is 13.2 Å². The van der Waals surface area contributed by atoms with Crippen molar-refractivity contribution in [2.75, 3.05) is 6.61 Å². The molecule has 0 spiro atoms. The molecule has 1 aromatic carbocycles. The van der Waals surface area contributed by atoms with E-state index >= 15 is 0 Å². The number of alkyl halides is 3. The molecule has 0 fully saturated rings. The second-order valence-corrected chi connectivity index (χ2v) is 4.23. The summed E-state index contributed by atoms with van der Waals surface area (Å²) in [5.41, 5.74) is -1.41. The molecule has 0 atom stereocenters. The summed E-state index contributed by atoms with van der Waals surface area (Å²) in [6.07, 6.45) is -4.62. The minimum absolute atomic E-state index is 0.0941. The average molecular weight is 311 g/mol. The van der Waals surface area contributed by atoms with E-state index in [1.807, 2.05) is 0 Å². The topological polar surface area (TPSA) is 26.3 Å². The molecule has 0 amide bonds. The van der Waals surface area contributed by atoms with Crippen molar-refractivity contribution in [2.45, 2.75) is 20.0 Å². The Balaban J connectivity index is 3.53. The van der Waals surface area contributed by atoms with Gasteiger partial charge in [-0.05, 0) is 26.0 Å². The molecule has 0 aliphatic heterocycles. The first kappa shape index (κ1) is 14.0. The van der Waals surface area contributed by atoms with Crippen molar-refractivity contribution in [3.05, 3.63) is 27.7 Å². The zero-order valence-electron chi connectivity index (χ0n) is 9.19. The van der Waals surface area contributed by atoms with Crippen LogP contribution in [0.25, 0.3) is 0 Å². The summed E-state index contributed by atoms with van der Waals surface area (Å²) in [5, 5.41) is 0. The van der Waals surface area contributed by atoms with Crippen LogP contribution in [0.2, 0.25) is 0 Å². The Hall–Kier alpha value is -1.04. The maximum absolute atomic E-state index is 12.9. The average Bonchev–Trinajstić information content (AvgIpc) is 2.14. The van der Waals surface area contributed by atoms with E-state index in [1.54, 1.807) is 6.92 Å². The molecule has 0 saturated carbocycles. The normalized spacial score (nSPS) is 11.4. The molecule has 0 saturated heterocycles. The molecule has 0 aliphatic carbocycles. The summed E-state index contributed by atoms with van der Waals surface area (Å²) in [7, 11) is 0.